The van der Waals surface area contributed by atoms with Gasteiger partial charge in [-0.05, 0) is 38.1 Å². The maximum Gasteiger partial charge on any atom is 0.326 e. The molecule has 0 bridgehead atoms. The van der Waals surface area contributed by atoms with Crippen molar-refractivity contribution in [3.8, 4) is 0 Å². The van der Waals surface area contributed by atoms with Crippen LogP contribution in [-0.2, 0) is 28.8 Å². The Labute approximate surface area is 191 Å². The molecule has 33 heavy (non-hydrogen) atoms. The van der Waals surface area contributed by atoms with E-state index < -0.39 is 60.2 Å². The quantitative estimate of drug-likeness (QED) is 0.150. The number of rotatable bonds is 14. The van der Waals surface area contributed by atoms with Crippen LogP contribution in [0.3, 0.4) is 0 Å². The molecule has 4 atom stereocenters. The molecule has 1 aliphatic heterocycles. The highest BCUT2D eigenvalue weighted by Gasteiger charge is 2.33. The summed E-state index contributed by atoms with van der Waals surface area (Å²) < 4.78 is 0. The van der Waals surface area contributed by atoms with E-state index in [4.69, 9.17) is 10.8 Å². The van der Waals surface area contributed by atoms with Gasteiger partial charge < -0.3 is 37.2 Å². The van der Waals surface area contributed by atoms with Crippen LogP contribution in [0.5, 0.6) is 0 Å². The van der Waals surface area contributed by atoms with Crippen molar-refractivity contribution in [2.45, 2.75) is 76.5 Å². The molecule has 4 unspecified atom stereocenters. The topological polar surface area (TPSA) is 217 Å². The highest BCUT2D eigenvalue weighted by molar-refractivity contribution is 5.94. The summed E-state index contributed by atoms with van der Waals surface area (Å²) in [5.74, 6) is -5.71. The number of aliphatic carboxylic acids is 2. The molecule has 1 fully saturated rings. The standard InChI is InChI=1S/C20H33N5O8/c1-10(2)16(25-17(29)11-4-3-9-22-11)19(31)23-12(6-8-15(27)28)18(30)24-13(20(32)33)5-7-14(21)26/h10-13,16,22H,3-9H2,1-2H3,(H2,21,26)(H,23,31)(H,24,30)(H,25,29)(H,27,28)(H,32,33). The average molecular weight is 472 g/mol. The van der Waals surface area contributed by atoms with Crippen LogP contribution in [0.25, 0.3) is 0 Å². The van der Waals surface area contributed by atoms with Crippen LogP contribution in [0.2, 0.25) is 0 Å². The van der Waals surface area contributed by atoms with Crippen LogP contribution in [0.1, 0.15) is 52.4 Å². The fourth-order valence-corrected chi connectivity index (χ4v) is 3.31. The Morgan fingerprint density at radius 3 is 2.03 bits per heavy atom. The number of hydrogen-bond donors (Lipinski definition) is 7. The molecule has 8 N–H and O–H groups in total. The van der Waals surface area contributed by atoms with Gasteiger partial charge >= 0.3 is 11.9 Å². The highest BCUT2D eigenvalue weighted by atomic mass is 16.4. The number of carboxylic acid groups (broad SMARTS) is 2. The summed E-state index contributed by atoms with van der Waals surface area (Å²) in [7, 11) is 0. The minimum absolute atomic E-state index is 0.269. The number of carbonyl (C=O) groups excluding carboxylic acids is 4. The summed E-state index contributed by atoms with van der Waals surface area (Å²) in [4.78, 5) is 71.3. The van der Waals surface area contributed by atoms with Crippen molar-refractivity contribution >= 4 is 35.6 Å². The van der Waals surface area contributed by atoms with Crippen molar-refractivity contribution in [3.05, 3.63) is 0 Å². The SMILES string of the molecule is CC(C)C(NC(=O)C1CCCN1)C(=O)NC(CCC(=O)O)C(=O)NC(CCC(N)=O)C(=O)O. The van der Waals surface area contributed by atoms with Crippen molar-refractivity contribution in [1.82, 2.24) is 21.3 Å². The maximum atomic E-state index is 12.9. The maximum absolute atomic E-state index is 12.9. The first kappa shape index (κ1) is 27.8. The minimum atomic E-state index is -1.46. The van der Waals surface area contributed by atoms with Crippen LogP contribution in [0.15, 0.2) is 0 Å². The Hall–Kier alpha value is -3.22. The number of carboxylic acids is 2. The lowest BCUT2D eigenvalue weighted by molar-refractivity contribution is -0.143. The fraction of sp³-hybridized carbons (Fsp3) is 0.700. The van der Waals surface area contributed by atoms with E-state index in [-0.39, 0.29) is 31.1 Å². The number of carbonyl (C=O) groups is 6. The molecular weight excluding hydrogens is 438 g/mol. The van der Waals surface area contributed by atoms with Crippen molar-refractivity contribution in [3.63, 3.8) is 0 Å². The Kier molecular flexibility index (Phi) is 11.3. The first-order valence-electron chi connectivity index (χ1n) is 10.8. The van der Waals surface area contributed by atoms with Crippen LogP contribution >= 0.6 is 0 Å². The molecule has 4 amide bonds. The van der Waals surface area contributed by atoms with Gasteiger partial charge in [-0.2, -0.15) is 0 Å². The van der Waals surface area contributed by atoms with Gasteiger partial charge in [-0.25, -0.2) is 4.79 Å². The van der Waals surface area contributed by atoms with E-state index in [2.05, 4.69) is 21.3 Å². The third-order valence-electron chi connectivity index (χ3n) is 5.20. The Morgan fingerprint density at radius 1 is 0.939 bits per heavy atom. The molecule has 0 aromatic rings. The summed E-state index contributed by atoms with van der Waals surface area (Å²) in [6.07, 6.45) is 0.119. The second-order valence-electron chi connectivity index (χ2n) is 8.28. The van der Waals surface area contributed by atoms with E-state index in [0.717, 1.165) is 6.42 Å². The number of primary amides is 1. The molecule has 13 nitrogen and oxygen atoms in total. The van der Waals surface area contributed by atoms with Crippen molar-refractivity contribution in [2.75, 3.05) is 6.54 Å². The van der Waals surface area contributed by atoms with Gasteiger partial charge in [0.2, 0.25) is 23.6 Å². The van der Waals surface area contributed by atoms with Gasteiger partial charge in [0.05, 0.1) is 6.04 Å². The van der Waals surface area contributed by atoms with Gasteiger partial charge in [0.25, 0.3) is 0 Å². The molecule has 1 saturated heterocycles. The molecule has 0 saturated carbocycles. The molecule has 0 aromatic heterocycles. The summed E-state index contributed by atoms with van der Waals surface area (Å²) in [5.41, 5.74) is 5.02. The van der Waals surface area contributed by atoms with Crippen LogP contribution in [-0.4, -0.2) is 76.5 Å². The zero-order valence-corrected chi connectivity index (χ0v) is 18.8. The fourth-order valence-electron chi connectivity index (χ4n) is 3.31. The Morgan fingerprint density at radius 2 is 1.55 bits per heavy atom. The van der Waals surface area contributed by atoms with Crippen molar-refractivity contribution in [2.24, 2.45) is 11.7 Å². The van der Waals surface area contributed by atoms with Gasteiger partial charge in [-0.1, -0.05) is 13.8 Å². The zero-order valence-electron chi connectivity index (χ0n) is 18.8. The van der Waals surface area contributed by atoms with Gasteiger partial charge in [0.1, 0.15) is 18.1 Å². The molecule has 0 aromatic carbocycles. The zero-order chi connectivity index (χ0) is 25.1. The predicted octanol–water partition coefficient (Wildman–Crippen LogP) is -1.94. The molecule has 1 heterocycles. The largest absolute Gasteiger partial charge is 0.481 e. The van der Waals surface area contributed by atoms with E-state index >= 15 is 0 Å². The molecule has 186 valence electrons. The average Bonchev–Trinajstić information content (AvgIpc) is 3.26. The molecule has 13 heteroatoms. The number of amides is 4. The highest BCUT2D eigenvalue weighted by Crippen LogP contribution is 2.09. The van der Waals surface area contributed by atoms with Gasteiger partial charge in [-0.15, -0.1) is 0 Å². The third kappa shape index (κ3) is 9.85. The van der Waals surface area contributed by atoms with E-state index in [1.54, 1.807) is 13.8 Å². The summed E-state index contributed by atoms with van der Waals surface area (Å²) >= 11 is 0. The number of nitrogens with one attached hydrogen (secondary N) is 4. The normalized spacial score (nSPS) is 18.1. The van der Waals surface area contributed by atoms with Crippen LogP contribution < -0.4 is 27.0 Å². The van der Waals surface area contributed by atoms with Gasteiger partial charge in [-0.3, -0.25) is 24.0 Å². The summed E-state index contributed by atoms with van der Waals surface area (Å²) in [6, 6.07) is -4.24. The molecule has 0 aliphatic carbocycles. The smallest absolute Gasteiger partial charge is 0.326 e. The van der Waals surface area contributed by atoms with E-state index in [0.29, 0.717) is 13.0 Å². The Balaban J connectivity index is 2.91. The lowest BCUT2D eigenvalue weighted by atomic mass is 10.0. The van der Waals surface area contributed by atoms with Gasteiger partial charge in [0, 0.05) is 12.8 Å². The Bertz CT molecular complexity index is 751. The van der Waals surface area contributed by atoms with Crippen LogP contribution in [0.4, 0.5) is 0 Å². The molecule has 1 aliphatic rings. The third-order valence-corrected chi connectivity index (χ3v) is 5.20. The summed E-state index contributed by atoms with van der Waals surface area (Å²) in [6.45, 7) is 4.08. The minimum Gasteiger partial charge on any atom is -0.481 e. The number of hydrogen-bond acceptors (Lipinski definition) is 7. The second kappa shape index (κ2) is 13.4. The first-order valence-corrected chi connectivity index (χ1v) is 10.8. The molecular formula is C20H33N5O8. The number of nitrogens with two attached hydrogens (primary N) is 1. The monoisotopic (exact) mass is 471 g/mol. The molecule has 0 spiro atoms. The van der Waals surface area contributed by atoms with Crippen LogP contribution in [0, 0.1) is 5.92 Å². The lowest BCUT2D eigenvalue weighted by Crippen LogP contribution is -2.58. The predicted molar refractivity (Wildman–Crippen MR) is 115 cm³/mol. The molecule has 1 rings (SSSR count). The summed E-state index contributed by atoms with van der Waals surface area (Å²) in [5, 5.41) is 28.6. The van der Waals surface area contributed by atoms with Crippen molar-refractivity contribution in [1.29, 1.82) is 0 Å². The second-order valence-corrected chi connectivity index (χ2v) is 8.28. The van der Waals surface area contributed by atoms with Crippen molar-refractivity contribution < 1.29 is 39.0 Å². The van der Waals surface area contributed by atoms with E-state index in [1.165, 1.54) is 0 Å². The lowest BCUT2D eigenvalue weighted by Gasteiger charge is -2.26. The van der Waals surface area contributed by atoms with E-state index in [9.17, 15) is 33.9 Å². The first-order chi connectivity index (χ1) is 15.4. The van der Waals surface area contributed by atoms with Gasteiger partial charge in [0.15, 0.2) is 0 Å². The molecule has 0 radical (unpaired) electrons. The van der Waals surface area contributed by atoms with E-state index in [1.807, 2.05) is 0 Å².